The van der Waals surface area contributed by atoms with Crippen molar-refractivity contribution in [2.45, 2.75) is 84.5 Å². The van der Waals surface area contributed by atoms with E-state index in [-0.39, 0.29) is 5.75 Å². The fraction of sp³-hybridized carbons (Fsp3) is 0.609. The Kier molecular flexibility index (Phi) is 10.3. The maximum atomic E-state index is 10.5. The van der Waals surface area contributed by atoms with Crippen LogP contribution in [0, 0.1) is 0 Å². The first kappa shape index (κ1) is 22.1. The molecule has 0 radical (unpaired) electrons. The zero-order valence-corrected chi connectivity index (χ0v) is 17.5. The fourth-order valence-corrected chi connectivity index (χ4v) is 3.31. The topological polar surface area (TPSA) is 68.1 Å². The Morgan fingerprint density at radius 1 is 0.821 bits per heavy atom. The lowest BCUT2D eigenvalue weighted by Crippen LogP contribution is -2.02. The number of ether oxygens (including phenoxy) is 1. The first-order chi connectivity index (χ1) is 13.8. The first-order valence-electron chi connectivity index (χ1n) is 10.9. The van der Waals surface area contributed by atoms with Crippen LogP contribution in [-0.2, 0) is 6.42 Å². The standard InChI is InChI=1S/C23H35N3O2/c1-3-5-7-9-10-12-14-28-22-16-21(27)20(23-25-17-24-18-26-23)15-19(22)13-11-8-6-4-2/h15-18,27H,3-14H2,1-2H3. The molecule has 0 aliphatic heterocycles. The van der Waals surface area contributed by atoms with E-state index in [1.54, 1.807) is 6.07 Å². The summed E-state index contributed by atoms with van der Waals surface area (Å²) in [5.74, 6) is 1.44. The SMILES string of the molecule is CCCCCCCCOc1cc(O)c(-c2ncncn2)cc1CCCCCC. The summed E-state index contributed by atoms with van der Waals surface area (Å²) in [4.78, 5) is 12.2. The predicted molar refractivity (Wildman–Crippen MR) is 114 cm³/mol. The zero-order chi connectivity index (χ0) is 20.0. The average Bonchev–Trinajstić information content (AvgIpc) is 2.72. The Bertz CT molecular complexity index is 677. The van der Waals surface area contributed by atoms with Crippen molar-refractivity contribution < 1.29 is 9.84 Å². The van der Waals surface area contributed by atoms with Gasteiger partial charge in [-0.05, 0) is 30.9 Å². The number of rotatable bonds is 14. The number of hydrogen-bond donors (Lipinski definition) is 1. The second kappa shape index (κ2) is 13.1. The lowest BCUT2D eigenvalue weighted by atomic mass is 10.0. The molecule has 0 saturated heterocycles. The van der Waals surface area contributed by atoms with E-state index in [4.69, 9.17) is 4.74 Å². The molecule has 5 nitrogen and oxygen atoms in total. The Hall–Kier alpha value is -2.17. The van der Waals surface area contributed by atoms with Gasteiger partial charge in [0.05, 0.1) is 12.2 Å². The van der Waals surface area contributed by atoms with Crippen molar-refractivity contribution in [3.05, 3.63) is 30.4 Å². The van der Waals surface area contributed by atoms with E-state index in [0.29, 0.717) is 18.0 Å². The van der Waals surface area contributed by atoms with Gasteiger partial charge in [-0.15, -0.1) is 0 Å². The number of benzene rings is 1. The van der Waals surface area contributed by atoms with Crippen LogP contribution in [0.15, 0.2) is 24.8 Å². The van der Waals surface area contributed by atoms with E-state index in [1.807, 2.05) is 6.07 Å². The second-order valence-electron chi connectivity index (χ2n) is 7.37. The van der Waals surface area contributed by atoms with Crippen LogP contribution in [-0.4, -0.2) is 26.7 Å². The average molecular weight is 386 g/mol. The van der Waals surface area contributed by atoms with Gasteiger partial charge in [-0.3, -0.25) is 0 Å². The lowest BCUT2D eigenvalue weighted by molar-refractivity contribution is 0.299. The summed E-state index contributed by atoms with van der Waals surface area (Å²) in [6.07, 6.45) is 16.0. The van der Waals surface area contributed by atoms with Crippen LogP contribution in [0.2, 0.25) is 0 Å². The first-order valence-corrected chi connectivity index (χ1v) is 10.9. The Morgan fingerprint density at radius 3 is 2.18 bits per heavy atom. The van der Waals surface area contributed by atoms with E-state index < -0.39 is 0 Å². The number of aromatic hydroxyl groups is 1. The van der Waals surface area contributed by atoms with Gasteiger partial charge in [-0.25, -0.2) is 15.0 Å². The maximum absolute atomic E-state index is 10.5. The highest BCUT2D eigenvalue weighted by Gasteiger charge is 2.14. The molecule has 2 rings (SSSR count). The van der Waals surface area contributed by atoms with Crippen LogP contribution in [0.5, 0.6) is 11.5 Å². The molecule has 1 heterocycles. The smallest absolute Gasteiger partial charge is 0.166 e. The molecule has 5 heteroatoms. The third kappa shape index (κ3) is 7.45. The van der Waals surface area contributed by atoms with E-state index >= 15 is 0 Å². The van der Waals surface area contributed by atoms with Crippen molar-refractivity contribution in [2.75, 3.05) is 6.61 Å². The molecule has 0 atom stereocenters. The highest BCUT2D eigenvalue weighted by Crippen LogP contribution is 2.34. The molecular formula is C23H35N3O2. The van der Waals surface area contributed by atoms with E-state index in [1.165, 1.54) is 64.0 Å². The van der Waals surface area contributed by atoms with Gasteiger partial charge in [0.2, 0.25) is 0 Å². The highest BCUT2D eigenvalue weighted by atomic mass is 16.5. The van der Waals surface area contributed by atoms with Crippen LogP contribution in [0.25, 0.3) is 11.4 Å². The molecule has 0 spiro atoms. The van der Waals surface area contributed by atoms with Gasteiger partial charge in [0.25, 0.3) is 0 Å². The number of phenols is 1. The van der Waals surface area contributed by atoms with Crippen molar-refractivity contribution >= 4 is 0 Å². The summed E-state index contributed by atoms with van der Waals surface area (Å²) in [5.41, 5.74) is 1.76. The number of hydrogen-bond acceptors (Lipinski definition) is 5. The molecule has 2 aromatic rings. The molecule has 154 valence electrons. The van der Waals surface area contributed by atoms with Crippen molar-refractivity contribution in [1.29, 1.82) is 0 Å². The van der Waals surface area contributed by atoms with Crippen LogP contribution < -0.4 is 4.74 Å². The zero-order valence-electron chi connectivity index (χ0n) is 17.5. The van der Waals surface area contributed by atoms with Crippen LogP contribution >= 0.6 is 0 Å². The number of unbranched alkanes of at least 4 members (excludes halogenated alkanes) is 8. The van der Waals surface area contributed by atoms with Crippen molar-refractivity contribution in [1.82, 2.24) is 15.0 Å². The monoisotopic (exact) mass is 385 g/mol. The number of phenolic OH excluding ortho intramolecular Hbond substituents is 1. The van der Waals surface area contributed by atoms with E-state index in [9.17, 15) is 5.11 Å². The quantitative estimate of drug-likeness (QED) is 0.398. The summed E-state index contributed by atoms with van der Waals surface area (Å²) >= 11 is 0. The normalized spacial score (nSPS) is 10.9. The highest BCUT2D eigenvalue weighted by molar-refractivity contribution is 5.67. The minimum atomic E-state index is 0.154. The van der Waals surface area contributed by atoms with Gasteiger partial charge in [0.1, 0.15) is 24.2 Å². The largest absolute Gasteiger partial charge is 0.507 e. The minimum absolute atomic E-state index is 0.154. The molecule has 1 N–H and O–H groups in total. The number of nitrogens with zero attached hydrogens (tertiary/aromatic N) is 3. The second-order valence-corrected chi connectivity index (χ2v) is 7.37. The molecule has 0 fully saturated rings. The third-order valence-electron chi connectivity index (χ3n) is 4.97. The third-order valence-corrected chi connectivity index (χ3v) is 4.97. The van der Waals surface area contributed by atoms with E-state index in [2.05, 4.69) is 28.8 Å². The summed E-state index contributed by atoms with van der Waals surface area (Å²) < 4.78 is 6.06. The molecule has 0 aliphatic carbocycles. The Morgan fingerprint density at radius 2 is 1.46 bits per heavy atom. The van der Waals surface area contributed by atoms with Crippen molar-refractivity contribution in [3.63, 3.8) is 0 Å². The predicted octanol–water partition coefficient (Wildman–Crippen LogP) is 6.11. The summed E-state index contributed by atoms with van der Waals surface area (Å²) in [6, 6.07) is 3.71. The van der Waals surface area contributed by atoms with Gasteiger partial charge in [-0.1, -0.05) is 65.2 Å². The van der Waals surface area contributed by atoms with Gasteiger partial charge >= 0.3 is 0 Å². The maximum Gasteiger partial charge on any atom is 0.166 e. The van der Waals surface area contributed by atoms with Crippen LogP contribution in [0.4, 0.5) is 0 Å². The van der Waals surface area contributed by atoms with Crippen molar-refractivity contribution in [3.8, 4) is 22.9 Å². The molecule has 28 heavy (non-hydrogen) atoms. The van der Waals surface area contributed by atoms with E-state index in [0.717, 1.165) is 30.6 Å². The van der Waals surface area contributed by atoms with Gasteiger partial charge in [-0.2, -0.15) is 0 Å². The molecular weight excluding hydrogens is 350 g/mol. The molecule has 0 unspecified atom stereocenters. The molecule has 1 aromatic heterocycles. The van der Waals surface area contributed by atoms with Gasteiger partial charge < -0.3 is 9.84 Å². The summed E-state index contributed by atoms with van der Waals surface area (Å²) in [5, 5.41) is 10.5. The van der Waals surface area contributed by atoms with Gasteiger partial charge in [0, 0.05) is 6.07 Å². The molecule has 0 bridgehead atoms. The lowest BCUT2D eigenvalue weighted by Gasteiger charge is -2.14. The van der Waals surface area contributed by atoms with Crippen molar-refractivity contribution in [2.24, 2.45) is 0 Å². The molecule has 0 saturated carbocycles. The fourth-order valence-electron chi connectivity index (χ4n) is 3.31. The Balaban J connectivity index is 2.03. The Labute approximate surface area is 169 Å². The summed E-state index contributed by atoms with van der Waals surface area (Å²) in [6.45, 7) is 5.14. The minimum Gasteiger partial charge on any atom is -0.507 e. The number of aryl methyl sites for hydroxylation is 1. The van der Waals surface area contributed by atoms with Crippen LogP contribution in [0.3, 0.4) is 0 Å². The summed E-state index contributed by atoms with van der Waals surface area (Å²) in [7, 11) is 0. The molecule has 0 aliphatic rings. The molecule has 1 aromatic carbocycles. The van der Waals surface area contributed by atoms with Crippen LogP contribution in [0.1, 0.15) is 83.6 Å². The number of aromatic nitrogens is 3. The van der Waals surface area contributed by atoms with Gasteiger partial charge in [0.15, 0.2) is 5.82 Å². The molecule has 0 amide bonds.